The monoisotopic (exact) mass is 382 g/mol. The number of aliphatic hydroxyl groups excluding tert-OH is 1. The molecule has 1 N–H and O–H groups in total. The number of ether oxygens (including phenoxy) is 1. The molecule has 2 nitrogen and oxygen atoms in total. The zero-order chi connectivity index (χ0) is 19.2. The molecule has 0 aromatic carbocycles. The second-order valence-corrected chi connectivity index (χ2v) is 7.49. The molecule has 0 spiro atoms. The topological polar surface area (TPSA) is 29.5 Å². The van der Waals surface area contributed by atoms with E-state index in [0.29, 0.717) is 6.10 Å². The van der Waals surface area contributed by atoms with E-state index in [-0.39, 0.29) is 37.1 Å². The SMILES string of the molecule is CCCCCCCC(CCC)OC.CCCCCCC[C@@H](O)CCC.[H-].[Na+]. The van der Waals surface area contributed by atoms with E-state index in [0.717, 1.165) is 19.3 Å². The Morgan fingerprint density at radius 3 is 1.50 bits per heavy atom. The molecule has 0 aliphatic rings. The number of aliphatic hydroxyl groups is 1. The van der Waals surface area contributed by atoms with Gasteiger partial charge in [0.25, 0.3) is 0 Å². The summed E-state index contributed by atoms with van der Waals surface area (Å²) in [4.78, 5) is 0. The summed E-state index contributed by atoms with van der Waals surface area (Å²) in [5.74, 6) is 0. The molecule has 0 rings (SSSR count). The molecule has 3 heteroatoms. The predicted molar refractivity (Wildman–Crippen MR) is 114 cm³/mol. The van der Waals surface area contributed by atoms with Gasteiger partial charge in [-0.1, -0.05) is 105 Å². The average molecular weight is 383 g/mol. The van der Waals surface area contributed by atoms with Gasteiger partial charge >= 0.3 is 29.6 Å². The molecular formula is C23H51NaO2. The Balaban J connectivity index is -0.000000183. The summed E-state index contributed by atoms with van der Waals surface area (Å²) < 4.78 is 5.40. The van der Waals surface area contributed by atoms with Gasteiger partial charge < -0.3 is 11.3 Å². The van der Waals surface area contributed by atoms with Crippen LogP contribution in [0.2, 0.25) is 0 Å². The first kappa shape index (κ1) is 31.6. The van der Waals surface area contributed by atoms with E-state index < -0.39 is 0 Å². The maximum Gasteiger partial charge on any atom is 1.00 e. The Labute approximate surface area is 190 Å². The fraction of sp³-hybridized carbons (Fsp3) is 1.00. The molecular weight excluding hydrogens is 331 g/mol. The van der Waals surface area contributed by atoms with Crippen molar-refractivity contribution in [1.82, 2.24) is 0 Å². The summed E-state index contributed by atoms with van der Waals surface area (Å²) in [5, 5.41) is 9.41. The van der Waals surface area contributed by atoms with Crippen molar-refractivity contribution in [3.63, 3.8) is 0 Å². The van der Waals surface area contributed by atoms with Crippen LogP contribution < -0.4 is 29.6 Å². The van der Waals surface area contributed by atoms with Crippen molar-refractivity contribution in [1.29, 1.82) is 0 Å². The second-order valence-electron chi connectivity index (χ2n) is 7.49. The molecule has 0 bridgehead atoms. The molecule has 0 aliphatic heterocycles. The summed E-state index contributed by atoms with van der Waals surface area (Å²) in [6.07, 6.45) is 20.7. The second kappa shape index (κ2) is 28.1. The largest absolute Gasteiger partial charge is 1.00 e. The number of hydrogen-bond donors (Lipinski definition) is 1. The Kier molecular flexibility index (Phi) is 34.2. The van der Waals surface area contributed by atoms with Crippen LogP contribution in [0.4, 0.5) is 0 Å². The third-order valence-corrected chi connectivity index (χ3v) is 4.84. The minimum absolute atomic E-state index is 0. The van der Waals surface area contributed by atoms with Crippen LogP contribution in [0, 0.1) is 0 Å². The first-order valence-corrected chi connectivity index (χ1v) is 11.4. The molecule has 0 aliphatic carbocycles. The quantitative estimate of drug-likeness (QED) is 0.290. The van der Waals surface area contributed by atoms with E-state index in [9.17, 15) is 5.11 Å². The van der Waals surface area contributed by atoms with Gasteiger partial charge in [0.1, 0.15) is 0 Å². The first-order valence-electron chi connectivity index (χ1n) is 11.4. The molecule has 0 amide bonds. The van der Waals surface area contributed by atoms with E-state index >= 15 is 0 Å². The van der Waals surface area contributed by atoms with E-state index in [4.69, 9.17) is 4.74 Å². The maximum absolute atomic E-state index is 9.41. The normalized spacial score (nSPS) is 12.7. The summed E-state index contributed by atoms with van der Waals surface area (Å²) in [7, 11) is 1.84. The van der Waals surface area contributed by atoms with Gasteiger partial charge in [-0.05, 0) is 25.7 Å². The van der Waals surface area contributed by atoms with E-state index in [1.54, 1.807) is 0 Å². The zero-order valence-electron chi connectivity index (χ0n) is 20.3. The minimum Gasteiger partial charge on any atom is -1.00 e. The summed E-state index contributed by atoms with van der Waals surface area (Å²) >= 11 is 0. The van der Waals surface area contributed by atoms with E-state index in [1.807, 2.05) is 7.11 Å². The van der Waals surface area contributed by atoms with Gasteiger partial charge in [-0.15, -0.1) is 0 Å². The minimum atomic E-state index is -0.0309. The fourth-order valence-corrected chi connectivity index (χ4v) is 3.14. The van der Waals surface area contributed by atoms with Crippen molar-refractivity contribution in [2.24, 2.45) is 0 Å². The summed E-state index contributed by atoms with van der Waals surface area (Å²) in [6, 6.07) is 0. The van der Waals surface area contributed by atoms with Crippen LogP contribution in [-0.4, -0.2) is 24.4 Å². The number of unbranched alkanes of at least 4 members (excludes halogenated alkanes) is 8. The third kappa shape index (κ3) is 27.1. The van der Waals surface area contributed by atoms with Crippen molar-refractivity contribution in [2.75, 3.05) is 7.11 Å². The molecule has 0 saturated carbocycles. The van der Waals surface area contributed by atoms with E-state index in [2.05, 4.69) is 27.7 Å². The van der Waals surface area contributed by atoms with Crippen LogP contribution in [0.3, 0.4) is 0 Å². The predicted octanol–water partition coefficient (Wildman–Crippen LogP) is 4.79. The van der Waals surface area contributed by atoms with Crippen molar-refractivity contribution < 1.29 is 40.8 Å². The van der Waals surface area contributed by atoms with Gasteiger partial charge in [0.15, 0.2) is 0 Å². The Morgan fingerprint density at radius 1 is 0.615 bits per heavy atom. The van der Waals surface area contributed by atoms with E-state index in [1.165, 1.54) is 83.5 Å². The molecule has 0 heterocycles. The van der Waals surface area contributed by atoms with Crippen molar-refractivity contribution in [2.45, 2.75) is 143 Å². The fourth-order valence-electron chi connectivity index (χ4n) is 3.14. The van der Waals surface area contributed by atoms with Crippen molar-refractivity contribution >= 4 is 0 Å². The molecule has 26 heavy (non-hydrogen) atoms. The smallest absolute Gasteiger partial charge is 1.00 e. The third-order valence-electron chi connectivity index (χ3n) is 4.84. The van der Waals surface area contributed by atoms with Gasteiger partial charge in [-0.3, -0.25) is 0 Å². The Morgan fingerprint density at radius 2 is 1.08 bits per heavy atom. The molecule has 0 radical (unpaired) electrons. The molecule has 0 aromatic rings. The molecule has 0 aromatic heterocycles. The number of hydrogen-bond acceptors (Lipinski definition) is 2. The summed E-state index contributed by atoms with van der Waals surface area (Å²) in [6.45, 7) is 8.84. The van der Waals surface area contributed by atoms with Gasteiger partial charge in [0.05, 0.1) is 12.2 Å². The summed E-state index contributed by atoms with van der Waals surface area (Å²) in [5.41, 5.74) is 0. The van der Waals surface area contributed by atoms with Gasteiger partial charge in [0, 0.05) is 7.11 Å². The molecule has 156 valence electrons. The Hall–Kier alpha value is 0.920. The first-order chi connectivity index (χ1) is 12.2. The van der Waals surface area contributed by atoms with Crippen molar-refractivity contribution in [3.8, 4) is 0 Å². The zero-order valence-corrected chi connectivity index (χ0v) is 21.3. The molecule has 2 atom stereocenters. The number of rotatable bonds is 17. The molecule has 1 unspecified atom stereocenters. The van der Waals surface area contributed by atoms with Gasteiger partial charge in [0.2, 0.25) is 0 Å². The van der Waals surface area contributed by atoms with Crippen LogP contribution in [-0.2, 0) is 4.74 Å². The van der Waals surface area contributed by atoms with Gasteiger partial charge in [-0.2, -0.15) is 0 Å². The number of methoxy groups -OCH3 is 1. The molecule has 0 saturated heterocycles. The van der Waals surface area contributed by atoms with Crippen LogP contribution in [0.15, 0.2) is 0 Å². The Bertz CT molecular complexity index is 230. The van der Waals surface area contributed by atoms with Gasteiger partial charge in [-0.25, -0.2) is 0 Å². The van der Waals surface area contributed by atoms with Crippen LogP contribution in [0.25, 0.3) is 0 Å². The maximum atomic E-state index is 9.41. The average Bonchev–Trinajstić information content (AvgIpc) is 2.61. The molecule has 0 fully saturated rings. The standard InChI is InChI=1S/C12H26O.C11H24O.Na.H/c1-4-6-7-8-9-11-12(13-3)10-5-2;1-3-5-6-7-8-10-11(12)9-4-2;;/h12H,4-11H2,1-3H3;11-12H,3-10H2,1-2H3;;/q;;+1;-1/t;11-;;/m.0../s1. The van der Waals surface area contributed by atoms with Crippen LogP contribution >= 0.6 is 0 Å². The van der Waals surface area contributed by atoms with Crippen LogP contribution in [0.1, 0.15) is 132 Å². The van der Waals surface area contributed by atoms with Crippen molar-refractivity contribution in [3.05, 3.63) is 0 Å². The van der Waals surface area contributed by atoms with Crippen LogP contribution in [0.5, 0.6) is 0 Å².